The SMILES string of the molecule is CCOC(=O)c1c(N2C(=O)C3ON(c4ccc(Cl)cc4)C(c4ccc([N+](=O)[O-])cc4)C3C2=O)sc(C)c1C. The molecule has 0 radical (unpaired) electrons. The fourth-order valence-corrected chi connectivity index (χ4v) is 6.05. The molecule has 2 aliphatic rings. The summed E-state index contributed by atoms with van der Waals surface area (Å²) in [5, 5.41) is 13.4. The van der Waals surface area contributed by atoms with Gasteiger partial charge in [-0.25, -0.2) is 14.8 Å². The predicted octanol–water partition coefficient (Wildman–Crippen LogP) is 5.15. The van der Waals surface area contributed by atoms with Crippen LogP contribution in [0.15, 0.2) is 48.5 Å². The Kier molecular flexibility index (Phi) is 6.68. The molecule has 3 aromatic rings. The van der Waals surface area contributed by atoms with E-state index in [4.69, 9.17) is 21.2 Å². The molecule has 2 amide bonds. The van der Waals surface area contributed by atoms with Gasteiger partial charge in [0.05, 0.1) is 28.8 Å². The third kappa shape index (κ3) is 4.12. The van der Waals surface area contributed by atoms with Crippen LogP contribution in [-0.4, -0.2) is 35.4 Å². The normalized spacial score (nSPS) is 20.7. The Balaban J connectivity index is 1.59. The van der Waals surface area contributed by atoms with Crippen molar-refractivity contribution >= 4 is 57.1 Å². The minimum Gasteiger partial charge on any atom is -0.462 e. The molecule has 0 bridgehead atoms. The Hall–Kier alpha value is -3.80. The van der Waals surface area contributed by atoms with Gasteiger partial charge in [0.1, 0.15) is 10.9 Å². The molecule has 3 heterocycles. The number of carbonyl (C=O) groups excluding carboxylic acids is 3. The first-order valence-electron chi connectivity index (χ1n) is 11.7. The molecule has 12 heteroatoms. The lowest BCUT2D eigenvalue weighted by atomic mass is 9.90. The maximum absolute atomic E-state index is 14.0. The van der Waals surface area contributed by atoms with Crippen LogP contribution in [0.1, 0.15) is 39.3 Å². The second-order valence-corrected chi connectivity index (χ2v) is 10.5. The molecule has 0 saturated carbocycles. The van der Waals surface area contributed by atoms with Crippen molar-refractivity contribution in [2.24, 2.45) is 5.92 Å². The number of nitrogens with zero attached hydrogens (tertiary/aromatic N) is 3. The number of thiophene rings is 1. The van der Waals surface area contributed by atoms with E-state index in [1.54, 1.807) is 57.2 Å². The van der Waals surface area contributed by atoms with Crippen molar-refractivity contribution in [1.29, 1.82) is 0 Å². The van der Waals surface area contributed by atoms with Crippen molar-refractivity contribution in [1.82, 2.24) is 0 Å². The summed E-state index contributed by atoms with van der Waals surface area (Å²) in [6.07, 6.45) is -1.17. The summed E-state index contributed by atoms with van der Waals surface area (Å²) in [5.41, 5.74) is 1.80. The van der Waals surface area contributed by atoms with Crippen molar-refractivity contribution in [3.05, 3.63) is 85.2 Å². The van der Waals surface area contributed by atoms with Gasteiger partial charge in [-0.1, -0.05) is 23.7 Å². The number of nitro benzene ring substituents is 1. The van der Waals surface area contributed by atoms with Crippen molar-refractivity contribution in [3.8, 4) is 0 Å². The molecular weight excluding hydrogens is 534 g/mol. The molecule has 5 rings (SSSR count). The fourth-order valence-electron chi connectivity index (χ4n) is 4.77. The number of esters is 1. The maximum Gasteiger partial charge on any atom is 0.341 e. The first-order valence-corrected chi connectivity index (χ1v) is 12.9. The van der Waals surface area contributed by atoms with E-state index in [1.807, 2.05) is 0 Å². The Bertz CT molecular complexity index is 1450. The molecule has 10 nitrogen and oxygen atoms in total. The number of amides is 2. The van der Waals surface area contributed by atoms with E-state index in [1.165, 1.54) is 17.2 Å². The number of hydroxylamine groups is 1. The summed E-state index contributed by atoms with van der Waals surface area (Å²) in [5.74, 6) is -2.73. The summed E-state index contributed by atoms with van der Waals surface area (Å²) in [7, 11) is 0. The molecule has 3 atom stereocenters. The van der Waals surface area contributed by atoms with Crippen LogP contribution in [0.4, 0.5) is 16.4 Å². The minimum absolute atomic E-state index is 0.110. The highest BCUT2D eigenvalue weighted by molar-refractivity contribution is 7.17. The van der Waals surface area contributed by atoms with Crippen LogP contribution in [-0.2, 0) is 19.2 Å². The number of ether oxygens (including phenoxy) is 1. The third-order valence-corrected chi connectivity index (χ3v) is 8.14. The van der Waals surface area contributed by atoms with Gasteiger partial charge in [-0.2, -0.15) is 0 Å². The van der Waals surface area contributed by atoms with Gasteiger partial charge in [0.25, 0.3) is 11.6 Å². The van der Waals surface area contributed by atoms with Crippen molar-refractivity contribution in [3.63, 3.8) is 0 Å². The lowest BCUT2D eigenvalue weighted by Gasteiger charge is -2.28. The summed E-state index contributed by atoms with van der Waals surface area (Å²) < 4.78 is 5.21. The maximum atomic E-state index is 14.0. The molecule has 2 saturated heterocycles. The number of non-ortho nitro benzene ring substituents is 1. The number of benzene rings is 2. The number of carbonyl (C=O) groups is 3. The highest BCUT2D eigenvalue weighted by Crippen LogP contribution is 2.49. The number of aryl methyl sites for hydroxylation is 1. The van der Waals surface area contributed by atoms with Crippen molar-refractivity contribution in [2.75, 3.05) is 16.6 Å². The number of rotatable bonds is 6. The van der Waals surface area contributed by atoms with Crippen LogP contribution in [0.2, 0.25) is 5.02 Å². The number of fused-ring (bicyclic) bond motifs is 1. The quantitative estimate of drug-likeness (QED) is 0.177. The van der Waals surface area contributed by atoms with Gasteiger partial charge >= 0.3 is 5.97 Å². The van der Waals surface area contributed by atoms with E-state index in [-0.39, 0.29) is 22.9 Å². The monoisotopic (exact) mass is 555 g/mol. The fraction of sp³-hybridized carbons (Fsp3) is 0.269. The van der Waals surface area contributed by atoms with E-state index < -0.39 is 40.8 Å². The average molecular weight is 556 g/mol. The molecule has 3 unspecified atom stereocenters. The van der Waals surface area contributed by atoms with Gasteiger partial charge in [-0.3, -0.25) is 24.5 Å². The highest BCUT2D eigenvalue weighted by atomic mass is 35.5. The Labute approximate surface area is 226 Å². The number of halogens is 1. The second-order valence-electron chi connectivity index (χ2n) is 8.84. The zero-order valence-electron chi connectivity index (χ0n) is 20.5. The van der Waals surface area contributed by atoms with Gasteiger partial charge < -0.3 is 4.74 Å². The molecule has 196 valence electrons. The molecule has 2 fully saturated rings. The summed E-state index contributed by atoms with van der Waals surface area (Å²) in [4.78, 5) is 59.0. The standard InChI is InChI=1S/C26H22ClN3O7S/c1-4-36-26(33)19-13(2)14(3)38-25(19)28-23(31)20-21(15-5-9-18(10-6-15)30(34)35)29(37-22(20)24(28)32)17-11-7-16(27)8-12-17/h5-12,20-22H,4H2,1-3H3. The second kappa shape index (κ2) is 9.82. The van der Waals surface area contributed by atoms with Crippen LogP contribution >= 0.6 is 22.9 Å². The number of nitro groups is 1. The van der Waals surface area contributed by atoms with Crippen molar-refractivity contribution < 1.29 is 28.9 Å². The number of hydrogen-bond acceptors (Lipinski definition) is 9. The molecule has 2 aromatic carbocycles. The van der Waals surface area contributed by atoms with Gasteiger partial charge in [-0.05, 0) is 56.2 Å². The molecule has 1 aromatic heterocycles. The summed E-state index contributed by atoms with van der Waals surface area (Å²) >= 11 is 7.21. The highest BCUT2D eigenvalue weighted by Gasteiger charge is 2.61. The Morgan fingerprint density at radius 1 is 1.11 bits per heavy atom. The van der Waals surface area contributed by atoms with E-state index in [0.717, 1.165) is 21.1 Å². The summed E-state index contributed by atoms with van der Waals surface area (Å²) in [6, 6.07) is 11.7. The lowest BCUT2D eigenvalue weighted by molar-refractivity contribution is -0.384. The molecular formula is C26H22ClN3O7S. The lowest BCUT2D eigenvalue weighted by Crippen LogP contribution is -2.37. The van der Waals surface area contributed by atoms with Crippen LogP contribution in [0.3, 0.4) is 0 Å². The largest absolute Gasteiger partial charge is 0.462 e. The van der Waals surface area contributed by atoms with Gasteiger partial charge in [0.15, 0.2) is 6.10 Å². The van der Waals surface area contributed by atoms with Gasteiger partial charge in [0.2, 0.25) is 5.91 Å². The van der Waals surface area contributed by atoms with E-state index in [0.29, 0.717) is 21.8 Å². The zero-order chi connectivity index (χ0) is 27.3. The summed E-state index contributed by atoms with van der Waals surface area (Å²) in [6.45, 7) is 5.36. The number of anilines is 2. The average Bonchev–Trinajstić information content (AvgIpc) is 3.50. The Morgan fingerprint density at radius 3 is 2.37 bits per heavy atom. The molecule has 0 spiro atoms. The molecule has 0 N–H and O–H groups in total. The Morgan fingerprint density at radius 2 is 1.76 bits per heavy atom. The van der Waals surface area contributed by atoms with Crippen LogP contribution in [0, 0.1) is 29.9 Å². The predicted molar refractivity (Wildman–Crippen MR) is 140 cm³/mol. The molecule has 0 aliphatic carbocycles. The third-order valence-electron chi connectivity index (χ3n) is 6.69. The van der Waals surface area contributed by atoms with E-state index in [2.05, 4.69) is 0 Å². The van der Waals surface area contributed by atoms with E-state index >= 15 is 0 Å². The van der Waals surface area contributed by atoms with Crippen LogP contribution < -0.4 is 9.96 Å². The minimum atomic E-state index is -1.17. The number of hydrogen-bond donors (Lipinski definition) is 0. The first kappa shape index (κ1) is 25.8. The van der Waals surface area contributed by atoms with Crippen molar-refractivity contribution in [2.45, 2.75) is 32.9 Å². The molecule has 38 heavy (non-hydrogen) atoms. The topological polar surface area (TPSA) is 119 Å². The smallest absolute Gasteiger partial charge is 0.341 e. The zero-order valence-corrected chi connectivity index (χ0v) is 22.1. The molecule has 2 aliphatic heterocycles. The van der Waals surface area contributed by atoms with Gasteiger partial charge in [-0.15, -0.1) is 11.3 Å². The number of imide groups is 1. The van der Waals surface area contributed by atoms with Crippen LogP contribution in [0.25, 0.3) is 0 Å². The van der Waals surface area contributed by atoms with Crippen LogP contribution in [0.5, 0.6) is 0 Å². The van der Waals surface area contributed by atoms with Gasteiger partial charge in [0, 0.05) is 22.0 Å². The first-order chi connectivity index (χ1) is 18.1. The van der Waals surface area contributed by atoms with E-state index in [9.17, 15) is 24.5 Å².